The number of para-hydroxylation sites is 1. The largest absolute Gasteiger partial charge is 0.339 e. The van der Waals surface area contributed by atoms with Gasteiger partial charge in [0.25, 0.3) is 5.91 Å². The summed E-state index contributed by atoms with van der Waals surface area (Å²) >= 11 is 0. The number of aryl methyl sites for hydroxylation is 1. The van der Waals surface area contributed by atoms with Gasteiger partial charge in [0.15, 0.2) is 0 Å². The molecule has 3 rings (SSSR count). The minimum atomic E-state index is -0.0349. The van der Waals surface area contributed by atoms with Crippen LogP contribution < -0.4 is 5.32 Å². The number of nitrogens with one attached hydrogen (secondary N) is 1. The summed E-state index contributed by atoms with van der Waals surface area (Å²) in [6, 6.07) is 17.1. The van der Waals surface area contributed by atoms with Gasteiger partial charge >= 0.3 is 0 Å². The van der Waals surface area contributed by atoms with E-state index >= 15 is 0 Å². The lowest BCUT2D eigenvalue weighted by Crippen LogP contribution is -2.41. The van der Waals surface area contributed by atoms with Gasteiger partial charge < -0.3 is 10.2 Å². The molecule has 1 N–H and O–H groups in total. The summed E-state index contributed by atoms with van der Waals surface area (Å²) in [6.07, 6.45) is 1.41. The van der Waals surface area contributed by atoms with E-state index in [1.807, 2.05) is 66.4 Å². The van der Waals surface area contributed by atoms with Crippen molar-refractivity contribution in [3.05, 3.63) is 65.7 Å². The molecule has 1 heterocycles. The van der Waals surface area contributed by atoms with E-state index in [2.05, 4.69) is 5.32 Å². The van der Waals surface area contributed by atoms with Gasteiger partial charge in [0, 0.05) is 30.3 Å². The van der Waals surface area contributed by atoms with E-state index in [9.17, 15) is 9.59 Å². The fourth-order valence-electron chi connectivity index (χ4n) is 2.99. The highest BCUT2D eigenvalue weighted by molar-refractivity contribution is 5.95. The third-order valence-electron chi connectivity index (χ3n) is 4.49. The first-order valence-electron chi connectivity index (χ1n) is 8.35. The van der Waals surface area contributed by atoms with Crippen LogP contribution in [0.15, 0.2) is 54.6 Å². The normalized spacial score (nSPS) is 15.1. The van der Waals surface area contributed by atoms with Gasteiger partial charge in [-0.1, -0.05) is 35.9 Å². The summed E-state index contributed by atoms with van der Waals surface area (Å²) < 4.78 is 0. The molecule has 0 spiro atoms. The summed E-state index contributed by atoms with van der Waals surface area (Å²) in [7, 11) is 0. The van der Waals surface area contributed by atoms with Crippen molar-refractivity contribution in [1.82, 2.24) is 4.90 Å². The molecule has 0 saturated carbocycles. The standard InChI is InChI=1S/C20H22N2O2/c1-15-7-9-17(10-8-15)20(24)22-13-11-16(12-14-22)19(23)21-18-5-3-2-4-6-18/h2-10,16H,11-14H2,1H3,(H,21,23). The number of rotatable bonds is 3. The van der Waals surface area contributed by atoms with E-state index in [1.165, 1.54) is 0 Å². The van der Waals surface area contributed by atoms with Crippen molar-refractivity contribution in [2.45, 2.75) is 19.8 Å². The first-order chi connectivity index (χ1) is 11.6. The Balaban J connectivity index is 1.54. The molecule has 124 valence electrons. The number of anilines is 1. The average Bonchev–Trinajstić information content (AvgIpc) is 2.63. The summed E-state index contributed by atoms with van der Waals surface area (Å²) in [5, 5.41) is 2.95. The topological polar surface area (TPSA) is 49.4 Å². The van der Waals surface area contributed by atoms with Crippen LogP contribution >= 0.6 is 0 Å². The van der Waals surface area contributed by atoms with Crippen molar-refractivity contribution in [2.75, 3.05) is 18.4 Å². The van der Waals surface area contributed by atoms with Crippen LogP contribution in [0.3, 0.4) is 0 Å². The van der Waals surface area contributed by atoms with Gasteiger partial charge in [-0.2, -0.15) is 0 Å². The van der Waals surface area contributed by atoms with Crippen LogP contribution in [0.2, 0.25) is 0 Å². The fourth-order valence-corrected chi connectivity index (χ4v) is 2.99. The van der Waals surface area contributed by atoms with Gasteiger partial charge in [-0.25, -0.2) is 0 Å². The highest BCUT2D eigenvalue weighted by atomic mass is 16.2. The Morgan fingerprint density at radius 2 is 1.58 bits per heavy atom. The molecular weight excluding hydrogens is 300 g/mol. The number of hydrogen-bond donors (Lipinski definition) is 1. The summed E-state index contributed by atoms with van der Waals surface area (Å²) in [6.45, 7) is 3.25. The quantitative estimate of drug-likeness (QED) is 0.940. The molecule has 2 amide bonds. The van der Waals surface area contributed by atoms with Crippen LogP contribution in [0.1, 0.15) is 28.8 Å². The molecule has 4 nitrogen and oxygen atoms in total. The van der Waals surface area contributed by atoms with Crippen molar-refractivity contribution in [3.63, 3.8) is 0 Å². The van der Waals surface area contributed by atoms with E-state index in [1.54, 1.807) is 0 Å². The van der Waals surface area contributed by atoms with Crippen LogP contribution in [0.4, 0.5) is 5.69 Å². The van der Waals surface area contributed by atoms with Crippen molar-refractivity contribution >= 4 is 17.5 Å². The molecule has 1 saturated heterocycles. The third-order valence-corrected chi connectivity index (χ3v) is 4.49. The molecule has 1 aliphatic heterocycles. The Hall–Kier alpha value is -2.62. The van der Waals surface area contributed by atoms with Crippen molar-refractivity contribution in [2.24, 2.45) is 5.92 Å². The van der Waals surface area contributed by atoms with Gasteiger partial charge in [0.1, 0.15) is 0 Å². The Morgan fingerprint density at radius 1 is 0.958 bits per heavy atom. The lowest BCUT2D eigenvalue weighted by Gasteiger charge is -2.31. The minimum absolute atomic E-state index is 0.0349. The van der Waals surface area contributed by atoms with Crippen LogP contribution in [0.25, 0.3) is 0 Å². The number of benzene rings is 2. The monoisotopic (exact) mass is 322 g/mol. The molecule has 0 radical (unpaired) electrons. The molecule has 24 heavy (non-hydrogen) atoms. The predicted octanol–water partition coefficient (Wildman–Crippen LogP) is 3.49. The zero-order valence-corrected chi connectivity index (χ0v) is 13.9. The van der Waals surface area contributed by atoms with E-state index < -0.39 is 0 Å². The minimum Gasteiger partial charge on any atom is -0.339 e. The molecular formula is C20H22N2O2. The maximum absolute atomic E-state index is 12.5. The number of nitrogens with zero attached hydrogens (tertiary/aromatic N) is 1. The van der Waals surface area contributed by atoms with Crippen molar-refractivity contribution in [3.8, 4) is 0 Å². The number of carbonyl (C=O) groups excluding carboxylic acids is 2. The Kier molecular flexibility index (Phi) is 4.94. The Labute approximate surface area is 142 Å². The van der Waals surface area contributed by atoms with Gasteiger partial charge in [0.2, 0.25) is 5.91 Å². The second-order valence-corrected chi connectivity index (χ2v) is 6.29. The highest BCUT2D eigenvalue weighted by Crippen LogP contribution is 2.21. The molecule has 0 aromatic heterocycles. The van der Waals surface area contributed by atoms with Crippen LogP contribution in [0, 0.1) is 12.8 Å². The molecule has 2 aromatic rings. The molecule has 0 aliphatic carbocycles. The van der Waals surface area contributed by atoms with Crippen molar-refractivity contribution < 1.29 is 9.59 Å². The lowest BCUT2D eigenvalue weighted by atomic mass is 9.95. The first-order valence-corrected chi connectivity index (χ1v) is 8.35. The zero-order valence-electron chi connectivity index (χ0n) is 13.9. The van der Waals surface area contributed by atoms with Gasteiger partial charge in [0.05, 0.1) is 0 Å². The SMILES string of the molecule is Cc1ccc(C(=O)N2CCC(C(=O)Nc3ccccc3)CC2)cc1. The van der Waals surface area contributed by atoms with E-state index in [0.29, 0.717) is 31.5 Å². The van der Waals surface area contributed by atoms with Crippen molar-refractivity contribution in [1.29, 1.82) is 0 Å². The lowest BCUT2D eigenvalue weighted by molar-refractivity contribution is -0.121. The van der Waals surface area contributed by atoms with Gasteiger partial charge in [-0.3, -0.25) is 9.59 Å². The number of piperidine rings is 1. The van der Waals surface area contributed by atoms with E-state index in [-0.39, 0.29) is 17.7 Å². The smallest absolute Gasteiger partial charge is 0.253 e. The molecule has 0 atom stereocenters. The number of carbonyl (C=O) groups is 2. The van der Waals surface area contributed by atoms with E-state index in [0.717, 1.165) is 11.3 Å². The maximum atomic E-state index is 12.5. The van der Waals surface area contributed by atoms with Gasteiger partial charge in [-0.15, -0.1) is 0 Å². The van der Waals surface area contributed by atoms with Crippen LogP contribution in [-0.2, 0) is 4.79 Å². The van der Waals surface area contributed by atoms with Crippen LogP contribution in [0.5, 0.6) is 0 Å². The summed E-state index contributed by atoms with van der Waals surface area (Å²) in [4.78, 5) is 26.7. The first kappa shape index (κ1) is 16.2. The number of hydrogen-bond acceptors (Lipinski definition) is 2. The number of likely N-dealkylation sites (tertiary alicyclic amines) is 1. The van der Waals surface area contributed by atoms with Gasteiger partial charge in [-0.05, 0) is 44.0 Å². The molecule has 0 bridgehead atoms. The summed E-state index contributed by atoms with van der Waals surface area (Å²) in [5.74, 6) is 0.0628. The molecule has 1 aliphatic rings. The average molecular weight is 322 g/mol. The van der Waals surface area contributed by atoms with Crippen LogP contribution in [-0.4, -0.2) is 29.8 Å². The molecule has 2 aromatic carbocycles. The second kappa shape index (κ2) is 7.30. The zero-order chi connectivity index (χ0) is 16.9. The highest BCUT2D eigenvalue weighted by Gasteiger charge is 2.27. The third kappa shape index (κ3) is 3.82. The number of amides is 2. The fraction of sp³-hybridized carbons (Fsp3) is 0.300. The molecule has 1 fully saturated rings. The Morgan fingerprint density at radius 3 is 2.21 bits per heavy atom. The van der Waals surface area contributed by atoms with E-state index in [4.69, 9.17) is 0 Å². The molecule has 4 heteroatoms. The predicted molar refractivity (Wildman–Crippen MR) is 94.9 cm³/mol. The summed E-state index contributed by atoms with van der Waals surface area (Å²) in [5.41, 5.74) is 2.68. The second-order valence-electron chi connectivity index (χ2n) is 6.29. The maximum Gasteiger partial charge on any atom is 0.253 e. The Bertz CT molecular complexity index is 702. The molecule has 0 unspecified atom stereocenters.